The van der Waals surface area contributed by atoms with E-state index in [1.54, 1.807) is 34.4 Å². The molecule has 120 valence electrons. The summed E-state index contributed by atoms with van der Waals surface area (Å²) in [4.78, 5) is 14.6. The van der Waals surface area contributed by atoms with Crippen LogP contribution in [0, 0.1) is 0 Å². The minimum absolute atomic E-state index is 0.00696. The molecule has 0 radical (unpaired) electrons. The van der Waals surface area contributed by atoms with Gasteiger partial charge in [-0.05, 0) is 35.7 Å². The number of thiophene rings is 2. The van der Waals surface area contributed by atoms with Gasteiger partial charge in [-0.25, -0.2) is 0 Å². The molecule has 1 amide bonds. The average molecular weight is 382 g/mol. The first-order chi connectivity index (χ1) is 11.3. The first-order valence-electron chi connectivity index (χ1n) is 7.10. The van der Waals surface area contributed by atoms with Crippen LogP contribution in [0.3, 0.4) is 0 Å². The second-order valence-electron chi connectivity index (χ2n) is 4.72. The molecule has 0 saturated carbocycles. The third-order valence-electron chi connectivity index (χ3n) is 2.98. The lowest BCUT2D eigenvalue weighted by atomic mass is 10.2. The quantitative estimate of drug-likeness (QED) is 0.445. The Kier molecular flexibility index (Phi) is 6.21. The highest BCUT2D eigenvalue weighted by Crippen LogP contribution is 2.29. The molecular weight excluding hydrogens is 366 g/mol. The predicted molar refractivity (Wildman–Crippen MR) is 99.7 cm³/mol. The Hall–Kier alpha value is -1.22. The highest BCUT2D eigenvalue weighted by atomic mass is 32.2. The molecule has 8 heteroatoms. The van der Waals surface area contributed by atoms with E-state index >= 15 is 0 Å². The molecule has 3 heterocycles. The van der Waals surface area contributed by atoms with Gasteiger partial charge in [0.15, 0.2) is 4.34 Å². The zero-order valence-electron chi connectivity index (χ0n) is 12.2. The van der Waals surface area contributed by atoms with Crippen molar-refractivity contribution in [3.63, 3.8) is 0 Å². The highest BCUT2D eigenvalue weighted by Gasteiger charge is 2.09. The minimum atomic E-state index is 0.00696. The Labute approximate surface area is 151 Å². The van der Waals surface area contributed by atoms with Crippen LogP contribution in [0.2, 0.25) is 0 Å². The predicted octanol–water partition coefficient (Wildman–Crippen LogP) is 4.91. The molecule has 23 heavy (non-hydrogen) atoms. The van der Waals surface area contributed by atoms with Gasteiger partial charge in [-0.1, -0.05) is 35.2 Å². The average Bonchev–Trinajstić information content (AvgIpc) is 3.28. The van der Waals surface area contributed by atoms with Crippen molar-refractivity contribution in [2.75, 3.05) is 5.32 Å². The van der Waals surface area contributed by atoms with E-state index in [0.29, 0.717) is 11.6 Å². The van der Waals surface area contributed by atoms with E-state index in [0.717, 1.165) is 22.9 Å². The van der Waals surface area contributed by atoms with Crippen LogP contribution in [0.5, 0.6) is 0 Å². The standard InChI is InChI=1S/C15H15N3OS4/c19-13(7-1-4-11-5-2-8-20-11)16-14-17-18-15(23-14)22-10-12-6-3-9-21-12/h2-3,5-6,8-9H,1,4,7,10H2,(H,16,17,19). The summed E-state index contributed by atoms with van der Waals surface area (Å²) in [6.45, 7) is 0. The van der Waals surface area contributed by atoms with Crippen LogP contribution >= 0.6 is 45.8 Å². The van der Waals surface area contributed by atoms with E-state index in [2.05, 4.69) is 38.4 Å². The highest BCUT2D eigenvalue weighted by molar-refractivity contribution is 8.00. The van der Waals surface area contributed by atoms with Crippen LogP contribution in [0.25, 0.3) is 0 Å². The summed E-state index contributed by atoms with van der Waals surface area (Å²) in [7, 11) is 0. The molecular formula is C15H15N3OS4. The lowest BCUT2D eigenvalue weighted by Crippen LogP contribution is -2.11. The third kappa shape index (κ3) is 5.42. The normalized spacial score (nSPS) is 10.8. The first kappa shape index (κ1) is 16.6. The number of amides is 1. The van der Waals surface area contributed by atoms with E-state index < -0.39 is 0 Å². The maximum Gasteiger partial charge on any atom is 0.226 e. The summed E-state index contributed by atoms with van der Waals surface area (Å²) in [6.07, 6.45) is 2.31. The van der Waals surface area contributed by atoms with Gasteiger partial charge in [0.25, 0.3) is 0 Å². The van der Waals surface area contributed by atoms with Gasteiger partial charge in [0, 0.05) is 21.9 Å². The summed E-state index contributed by atoms with van der Waals surface area (Å²) in [5.41, 5.74) is 0. The van der Waals surface area contributed by atoms with Gasteiger partial charge >= 0.3 is 0 Å². The Balaban J connectivity index is 1.40. The lowest BCUT2D eigenvalue weighted by Gasteiger charge is -2.00. The van der Waals surface area contributed by atoms with Crippen LogP contribution in [0.1, 0.15) is 22.6 Å². The molecule has 0 aliphatic carbocycles. The number of aryl methyl sites for hydroxylation is 1. The van der Waals surface area contributed by atoms with Crippen molar-refractivity contribution in [3.8, 4) is 0 Å². The number of aromatic nitrogens is 2. The van der Waals surface area contributed by atoms with Crippen LogP contribution in [0.15, 0.2) is 39.4 Å². The SMILES string of the molecule is O=C(CCCc1cccs1)Nc1nnc(SCc2cccs2)s1. The van der Waals surface area contributed by atoms with Crippen molar-refractivity contribution in [2.24, 2.45) is 0 Å². The number of carbonyl (C=O) groups is 1. The smallest absolute Gasteiger partial charge is 0.226 e. The van der Waals surface area contributed by atoms with Gasteiger partial charge in [0.1, 0.15) is 0 Å². The fourth-order valence-electron chi connectivity index (χ4n) is 1.91. The first-order valence-corrected chi connectivity index (χ1v) is 10.7. The summed E-state index contributed by atoms with van der Waals surface area (Å²) in [5, 5.41) is 15.7. The molecule has 4 nitrogen and oxygen atoms in total. The maximum absolute atomic E-state index is 11.9. The molecule has 0 unspecified atom stereocenters. The molecule has 0 aliphatic heterocycles. The molecule has 3 rings (SSSR count). The van der Waals surface area contributed by atoms with Gasteiger partial charge < -0.3 is 5.32 Å². The summed E-state index contributed by atoms with van der Waals surface area (Å²) in [6, 6.07) is 8.29. The Bertz CT molecular complexity index is 722. The molecule has 0 saturated heterocycles. The van der Waals surface area contributed by atoms with Gasteiger partial charge in [0.05, 0.1) is 0 Å². The van der Waals surface area contributed by atoms with E-state index in [1.165, 1.54) is 21.1 Å². The molecule has 0 aromatic carbocycles. The number of hydrogen-bond acceptors (Lipinski definition) is 7. The number of rotatable bonds is 8. The van der Waals surface area contributed by atoms with Crippen LogP contribution < -0.4 is 5.32 Å². The fourth-order valence-corrected chi connectivity index (χ4v) is 5.20. The number of nitrogens with one attached hydrogen (secondary N) is 1. The van der Waals surface area contributed by atoms with Crippen LogP contribution in [0.4, 0.5) is 5.13 Å². The summed E-state index contributed by atoms with van der Waals surface area (Å²) < 4.78 is 0.882. The second-order valence-corrected chi connectivity index (χ2v) is 8.99. The molecule has 0 bridgehead atoms. The number of carbonyl (C=O) groups excluding carboxylic acids is 1. The molecule has 0 fully saturated rings. The molecule has 3 aromatic rings. The second kappa shape index (κ2) is 8.58. The van der Waals surface area contributed by atoms with Crippen molar-refractivity contribution in [1.29, 1.82) is 0 Å². The Morgan fingerprint density at radius 1 is 1.13 bits per heavy atom. The van der Waals surface area contributed by atoms with Gasteiger partial charge in [-0.15, -0.1) is 32.9 Å². The zero-order chi connectivity index (χ0) is 15.9. The fraction of sp³-hybridized carbons (Fsp3) is 0.267. The number of anilines is 1. The van der Waals surface area contributed by atoms with E-state index in [9.17, 15) is 4.79 Å². The number of nitrogens with zero attached hydrogens (tertiary/aromatic N) is 2. The molecule has 0 atom stereocenters. The molecule has 1 N–H and O–H groups in total. The topological polar surface area (TPSA) is 54.9 Å². The van der Waals surface area contributed by atoms with E-state index in [-0.39, 0.29) is 5.91 Å². The number of thioether (sulfide) groups is 1. The van der Waals surface area contributed by atoms with Crippen molar-refractivity contribution in [3.05, 3.63) is 44.8 Å². The largest absolute Gasteiger partial charge is 0.301 e. The van der Waals surface area contributed by atoms with Crippen molar-refractivity contribution < 1.29 is 4.79 Å². The maximum atomic E-state index is 11.9. The van der Waals surface area contributed by atoms with E-state index in [4.69, 9.17) is 0 Å². The minimum Gasteiger partial charge on any atom is -0.301 e. The Morgan fingerprint density at radius 3 is 2.65 bits per heavy atom. The lowest BCUT2D eigenvalue weighted by molar-refractivity contribution is -0.116. The molecule has 0 spiro atoms. The van der Waals surface area contributed by atoms with Crippen LogP contribution in [-0.2, 0) is 17.0 Å². The van der Waals surface area contributed by atoms with Gasteiger partial charge in [-0.2, -0.15) is 0 Å². The monoisotopic (exact) mass is 381 g/mol. The Morgan fingerprint density at radius 2 is 1.91 bits per heavy atom. The van der Waals surface area contributed by atoms with Crippen molar-refractivity contribution in [2.45, 2.75) is 29.4 Å². The van der Waals surface area contributed by atoms with Crippen molar-refractivity contribution in [1.82, 2.24) is 10.2 Å². The number of hydrogen-bond donors (Lipinski definition) is 1. The van der Waals surface area contributed by atoms with E-state index in [1.807, 2.05) is 12.1 Å². The third-order valence-corrected chi connectivity index (χ3v) is 6.99. The summed E-state index contributed by atoms with van der Waals surface area (Å²) >= 11 is 6.54. The molecule has 0 aliphatic rings. The van der Waals surface area contributed by atoms with Crippen molar-refractivity contribution >= 4 is 56.8 Å². The van der Waals surface area contributed by atoms with Gasteiger partial charge in [-0.3, -0.25) is 4.79 Å². The van der Waals surface area contributed by atoms with Gasteiger partial charge in [0.2, 0.25) is 11.0 Å². The van der Waals surface area contributed by atoms with Crippen LogP contribution in [-0.4, -0.2) is 16.1 Å². The molecule has 3 aromatic heterocycles. The summed E-state index contributed by atoms with van der Waals surface area (Å²) in [5.74, 6) is 0.897. The zero-order valence-corrected chi connectivity index (χ0v) is 15.5.